The van der Waals surface area contributed by atoms with Crippen LogP contribution in [0.5, 0.6) is 0 Å². The van der Waals surface area contributed by atoms with Crippen LogP contribution in [0.25, 0.3) is 10.9 Å². The molecule has 1 aromatic heterocycles. The lowest BCUT2D eigenvalue weighted by atomic mass is 9.98. The summed E-state index contributed by atoms with van der Waals surface area (Å²) in [6.45, 7) is 3.41. The molecule has 1 heterocycles. The number of benzene rings is 1. The molecule has 14 heteroatoms. The van der Waals surface area contributed by atoms with E-state index >= 15 is 0 Å². The van der Waals surface area contributed by atoms with Crippen molar-refractivity contribution in [2.75, 3.05) is 0 Å². The number of hydrogen-bond acceptors (Lipinski definition) is 7. The Labute approximate surface area is 236 Å². The van der Waals surface area contributed by atoms with Gasteiger partial charge >= 0.3 is 11.9 Å². The maximum absolute atomic E-state index is 13.5. The Morgan fingerprint density at radius 1 is 0.902 bits per heavy atom. The number of rotatable bonds is 17. The number of primary amides is 1. The molecule has 2 rings (SSSR count). The Hall–Kier alpha value is -4.46. The summed E-state index contributed by atoms with van der Waals surface area (Å²) in [6, 6.07) is 2.21. The van der Waals surface area contributed by atoms with Crippen molar-refractivity contribution in [2.24, 2.45) is 17.4 Å². The van der Waals surface area contributed by atoms with Crippen molar-refractivity contribution in [3.05, 3.63) is 36.0 Å². The standard InChI is InChI=1S/C27H38N6O8/c1-3-14(2)23(27(40)41)33-25(38)19(9-10-21(29)34)31-26(39)20(32-24(37)17(28)8-11-22(35)36)12-15-13-30-18-7-5-4-6-16(15)18/h4-7,13-14,17,19-20,23,30H,3,8-12,28H2,1-2H3,(H2,29,34)(H,31,39)(H,32,37)(H,33,38)(H,35,36)(H,40,41). The highest BCUT2D eigenvalue weighted by molar-refractivity contribution is 5.95. The van der Waals surface area contributed by atoms with Gasteiger partial charge in [-0.3, -0.25) is 24.0 Å². The van der Waals surface area contributed by atoms with Gasteiger partial charge in [0.25, 0.3) is 0 Å². The van der Waals surface area contributed by atoms with Gasteiger partial charge in [0.2, 0.25) is 23.6 Å². The van der Waals surface area contributed by atoms with Crippen LogP contribution in [0.4, 0.5) is 0 Å². The fourth-order valence-electron chi connectivity index (χ4n) is 4.18. The molecule has 0 bridgehead atoms. The number of carboxylic acid groups (broad SMARTS) is 2. The van der Waals surface area contributed by atoms with E-state index in [0.29, 0.717) is 12.0 Å². The van der Waals surface area contributed by atoms with E-state index in [9.17, 15) is 33.9 Å². The van der Waals surface area contributed by atoms with E-state index in [1.165, 1.54) is 0 Å². The molecule has 0 saturated carbocycles. The fraction of sp³-hybridized carbons (Fsp3) is 0.481. The van der Waals surface area contributed by atoms with Gasteiger partial charge in [-0.15, -0.1) is 0 Å². The lowest BCUT2D eigenvalue weighted by molar-refractivity contribution is -0.144. The van der Waals surface area contributed by atoms with Crippen molar-refractivity contribution in [1.82, 2.24) is 20.9 Å². The number of aromatic amines is 1. The molecule has 1 aromatic carbocycles. The molecule has 0 radical (unpaired) electrons. The average Bonchev–Trinajstić information content (AvgIpc) is 3.33. The van der Waals surface area contributed by atoms with Crippen LogP contribution in [0.3, 0.4) is 0 Å². The van der Waals surface area contributed by atoms with Gasteiger partial charge in [-0.2, -0.15) is 0 Å². The summed E-state index contributed by atoms with van der Waals surface area (Å²) >= 11 is 0. The van der Waals surface area contributed by atoms with Crippen LogP contribution in [0.2, 0.25) is 0 Å². The lowest BCUT2D eigenvalue weighted by Crippen LogP contribution is -2.58. The molecule has 0 spiro atoms. The number of nitrogens with one attached hydrogen (secondary N) is 4. The third-order valence-electron chi connectivity index (χ3n) is 6.83. The second-order valence-corrected chi connectivity index (χ2v) is 9.94. The van der Waals surface area contributed by atoms with Crippen molar-refractivity contribution in [2.45, 2.75) is 76.5 Å². The van der Waals surface area contributed by atoms with Gasteiger partial charge in [0.05, 0.1) is 6.04 Å². The molecule has 10 N–H and O–H groups in total. The number of aromatic nitrogens is 1. The van der Waals surface area contributed by atoms with Gasteiger partial charge in [-0.05, 0) is 30.4 Å². The predicted molar refractivity (Wildman–Crippen MR) is 148 cm³/mol. The van der Waals surface area contributed by atoms with E-state index < -0.39 is 65.7 Å². The summed E-state index contributed by atoms with van der Waals surface area (Å²) in [4.78, 5) is 76.6. The van der Waals surface area contributed by atoms with E-state index in [0.717, 1.165) is 10.9 Å². The number of carbonyl (C=O) groups excluding carboxylic acids is 4. The van der Waals surface area contributed by atoms with Gasteiger partial charge in [0, 0.05) is 36.4 Å². The Morgan fingerprint density at radius 2 is 1.54 bits per heavy atom. The zero-order valence-corrected chi connectivity index (χ0v) is 23.0. The highest BCUT2D eigenvalue weighted by Crippen LogP contribution is 2.19. The Balaban J connectivity index is 2.32. The zero-order chi connectivity index (χ0) is 30.7. The molecule has 0 aliphatic heterocycles. The van der Waals surface area contributed by atoms with Gasteiger partial charge < -0.3 is 42.6 Å². The summed E-state index contributed by atoms with van der Waals surface area (Å²) < 4.78 is 0. The van der Waals surface area contributed by atoms with Crippen molar-refractivity contribution < 1.29 is 39.0 Å². The second kappa shape index (κ2) is 15.4. The Morgan fingerprint density at radius 3 is 2.15 bits per heavy atom. The molecule has 41 heavy (non-hydrogen) atoms. The molecule has 224 valence electrons. The van der Waals surface area contributed by atoms with Gasteiger partial charge in [0.15, 0.2) is 0 Å². The number of aliphatic carboxylic acids is 2. The minimum Gasteiger partial charge on any atom is -0.481 e. The quantitative estimate of drug-likeness (QED) is 0.124. The topological polar surface area (TPSA) is 247 Å². The average molecular weight is 575 g/mol. The third kappa shape index (κ3) is 9.90. The van der Waals surface area contributed by atoms with E-state index in [-0.39, 0.29) is 32.1 Å². The van der Waals surface area contributed by atoms with Crippen molar-refractivity contribution in [3.63, 3.8) is 0 Å². The number of amides is 4. The molecule has 4 amide bonds. The summed E-state index contributed by atoms with van der Waals surface area (Å²) in [5, 5.41) is 26.8. The molecule has 5 unspecified atom stereocenters. The number of fused-ring (bicyclic) bond motifs is 1. The van der Waals surface area contributed by atoms with Crippen LogP contribution in [0, 0.1) is 5.92 Å². The Bertz CT molecular complexity index is 1260. The van der Waals surface area contributed by atoms with E-state index in [1.54, 1.807) is 26.1 Å². The van der Waals surface area contributed by atoms with Crippen LogP contribution < -0.4 is 27.4 Å². The first-order valence-electron chi connectivity index (χ1n) is 13.3. The molecule has 0 aliphatic rings. The van der Waals surface area contributed by atoms with Crippen LogP contribution in [0.1, 0.15) is 51.5 Å². The fourth-order valence-corrected chi connectivity index (χ4v) is 4.18. The summed E-state index contributed by atoms with van der Waals surface area (Å²) in [7, 11) is 0. The number of hydrogen-bond donors (Lipinski definition) is 8. The van der Waals surface area contributed by atoms with Crippen molar-refractivity contribution in [3.8, 4) is 0 Å². The monoisotopic (exact) mass is 574 g/mol. The van der Waals surface area contributed by atoms with Gasteiger partial charge in [0.1, 0.15) is 18.1 Å². The minimum atomic E-state index is -1.34. The molecule has 2 aromatic rings. The lowest BCUT2D eigenvalue weighted by Gasteiger charge is -2.26. The number of para-hydroxylation sites is 1. The highest BCUT2D eigenvalue weighted by Gasteiger charge is 2.32. The minimum absolute atomic E-state index is 0.0258. The molecule has 0 fully saturated rings. The summed E-state index contributed by atoms with van der Waals surface area (Å²) in [5.41, 5.74) is 12.6. The number of nitrogens with two attached hydrogens (primary N) is 2. The van der Waals surface area contributed by atoms with Crippen LogP contribution in [0.15, 0.2) is 30.5 Å². The van der Waals surface area contributed by atoms with Crippen LogP contribution >= 0.6 is 0 Å². The maximum Gasteiger partial charge on any atom is 0.326 e. The molecule has 0 saturated heterocycles. The maximum atomic E-state index is 13.5. The van der Waals surface area contributed by atoms with Gasteiger partial charge in [-0.1, -0.05) is 38.5 Å². The third-order valence-corrected chi connectivity index (χ3v) is 6.83. The SMILES string of the molecule is CCC(C)C(NC(=O)C(CCC(N)=O)NC(=O)C(Cc1c[nH]c2ccccc12)NC(=O)C(N)CCC(=O)O)C(=O)O. The Kier molecular flexibility index (Phi) is 12.3. The normalized spacial score (nSPS) is 14.7. The molecule has 14 nitrogen and oxygen atoms in total. The number of carbonyl (C=O) groups is 6. The summed E-state index contributed by atoms with van der Waals surface area (Å²) in [6.07, 6.45) is 1.08. The first-order valence-corrected chi connectivity index (χ1v) is 13.3. The van der Waals surface area contributed by atoms with Crippen LogP contribution in [-0.4, -0.2) is 74.9 Å². The van der Waals surface area contributed by atoms with E-state index in [1.807, 2.05) is 18.2 Å². The van der Waals surface area contributed by atoms with Crippen molar-refractivity contribution >= 4 is 46.5 Å². The van der Waals surface area contributed by atoms with E-state index in [4.69, 9.17) is 16.6 Å². The zero-order valence-electron chi connectivity index (χ0n) is 23.0. The number of H-pyrrole nitrogens is 1. The largest absolute Gasteiger partial charge is 0.481 e. The number of carboxylic acids is 2. The predicted octanol–water partition coefficient (Wildman–Crippen LogP) is -0.247. The smallest absolute Gasteiger partial charge is 0.326 e. The molecule has 0 aliphatic carbocycles. The summed E-state index contributed by atoms with van der Waals surface area (Å²) in [5.74, 6) is -5.95. The van der Waals surface area contributed by atoms with Crippen LogP contribution in [-0.2, 0) is 35.2 Å². The second-order valence-electron chi connectivity index (χ2n) is 9.94. The first-order chi connectivity index (χ1) is 19.3. The van der Waals surface area contributed by atoms with Gasteiger partial charge in [-0.25, -0.2) is 4.79 Å². The van der Waals surface area contributed by atoms with Crippen molar-refractivity contribution in [1.29, 1.82) is 0 Å². The highest BCUT2D eigenvalue weighted by atomic mass is 16.4. The van der Waals surface area contributed by atoms with E-state index in [2.05, 4.69) is 20.9 Å². The molecular formula is C27H38N6O8. The first kappa shape index (κ1) is 32.8. The molecule has 5 atom stereocenters. The molecular weight excluding hydrogens is 536 g/mol.